The second-order valence-corrected chi connectivity index (χ2v) is 8.70. The van der Waals surface area contributed by atoms with Gasteiger partial charge in [0, 0.05) is 6.42 Å². The summed E-state index contributed by atoms with van der Waals surface area (Å²) in [7, 11) is -4.44. The third kappa shape index (κ3) is 21.6. The topological polar surface area (TPSA) is 108 Å². The summed E-state index contributed by atoms with van der Waals surface area (Å²) in [5, 5.41) is 11.5. The fourth-order valence-corrected chi connectivity index (χ4v) is 3.66. The van der Waals surface area contributed by atoms with Crippen molar-refractivity contribution in [3.8, 4) is 0 Å². The predicted octanol–water partition coefficient (Wildman–Crippen LogP) is 1.08. The maximum atomic E-state index is 12.1. The van der Waals surface area contributed by atoms with Crippen molar-refractivity contribution >= 4 is 13.7 Å². The van der Waals surface area contributed by atoms with Gasteiger partial charge in [0.25, 0.3) is 7.82 Å². The van der Waals surface area contributed by atoms with Crippen LogP contribution in [0.3, 0.4) is 0 Å². The minimum Gasteiger partial charge on any atom is -0.756 e. The first-order valence-electron chi connectivity index (χ1n) is 11.0. The van der Waals surface area contributed by atoms with Crippen LogP contribution >= 0.6 is 7.82 Å². The first-order chi connectivity index (χ1) is 13.4. The van der Waals surface area contributed by atoms with E-state index in [2.05, 4.69) is 16.8 Å². The van der Waals surface area contributed by atoms with E-state index in [0.717, 1.165) is 32.1 Å². The summed E-state index contributed by atoms with van der Waals surface area (Å²) >= 11 is 0. The Morgan fingerprint density at radius 2 is 1.52 bits per heavy atom. The Balaban J connectivity index is 0. The van der Waals surface area contributed by atoms with Gasteiger partial charge >= 0.3 is 29.6 Å². The van der Waals surface area contributed by atoms with Crippen molar-refractivity contribution in [2.75, 3.05) is 19.8 Å². The van der Waals surface area contributed by atoms with E-state index < -0.39 is 14.4 Å². The molecule has 0 saturated carbocycles. The molecule has 0 aliphatic carbocycles. The van der Waals surface area contributed by atoms with Crippen molar-refractivity contribution in [2.24, 2.45) is 0 Å². The van der Waals surface area contributed by atoms with E-state index >= 15 is 0 Å². The molecule has 0 saturated heterocycles. The van der Waals surface area contributed by atoms with Crippen LogP contribution in [0.25, 0.3) is 0 Å². The average Bonchev–Trinajstić information content (AvgIpc) is 2.67. The molecule has 1 amide bonds. The molecule has 1 unspecified atom stereocenters. The van der Waals surface area contributed by atoms with Crippen LogP contribution in [-0.4, -0.2) is 36.9 Å². The van der Waals surface area contributed by atoms with Crippen LogP contribution < -0.4 is 39.8 Å². The van der Waals surface area contributed by atoms with E-state index in [-0.39, 0.29) is 54.7 Å². The first kappa shape index (κ1) is 31.7. The van der Waals surface area contributed by atoms with Crippen molar-refractivity contribution in [3.63, 3.8) is 0 Å². The number of aliphatic hydroxyl groups is 1. The number of hydrogen-bond donors (Lipinski definition) is 2. The van der Waals surface area contributed by atoms with Crippen LogP contribution in [0.4, 0.5) is 0 Å². The van der Waals surface area contributed by atoms with E-state index in [1.165, 1.54) is 38.5 Å². The van der Waals surface area contributed by atoms with Gasteiger partial charge in [0.15, 0.2) is 0 Å². The fraction of sp³-hybridized carbons (Fsp3) is 0.950. The van der Waals surface area contributed by atoms with Crippen LogP contribution in [-0.2, 0) is 18.4 Å². The molecule has 9 heteroatoms. The number of rotatable bonds is 20. The summed E-state index contributed by atoms with van der Waals surface area (Å²) < 4.78 is 20.9. The third-order valence-electron chi connectivity index (χ3n) is 4.55. The van der Waals surface area contributed by atoms with Gasteiger partial charge in [-0.1, -0.05) is 78.1 Å². The van der Waals surface area contributed by atoms with E-state index in [9.17, 15) is 14.3 Å². The smallest absolute Gasteiger partial charge is 0.756 e. The normalized spacial score (nSPS) is 14.1. The van der Waals surface area contributed by atoms with Gasteiger partial charge in [-0.2, -0.15) is 0 Å². The maximum Gasteiger partial charge on any atom is 1.00 e. The van der Waals surface area contributed by atoms with E-state index in [4.69, 9.17) is 9.63 Å². The van der Waals surface area contributed by atoms with Gasteiger partial charge in [-0.25, -0.2) is 0 Å². The Hall–Kier alpha value is 0.540. The van der Waals surface area contributed by atoms with Crippen molar-refractivity contribution in [1.29, 1.82) is 0 Å². The summed E-state index contributed by atoms with van der Waals surface area (Å²) in [6.07, 6.45) is 13.7. The molecule has 0 fully saturated rings. The number of phosphoric ester groups is 1. The molecule has 0 rings (SSSR count). The maximum absolute atomic E-state index is 12.1. The molecule has 2 atom stereocenters. The first-order valence-corrected chi connectivity index (χ1v) is 12.4. The average molecular weight is 446 g/mol. The molecule has 168 valence electrons. The third-order valence-corrected chi connectivity index (χ3v) is 5.52. The zero-order valence-corrected chi connectivity index (χ0v) is 21.7. The van der Waals surface area contributed by atoms with Gasteiger partial charge in [-0.15, -0.1) is 0 Å². The summed E-state index contributed by atoms with van der Waals surface area (Å²) in [4.78, 5) is 23.7. The number of amides is 1. The minimum absolute atomic E-state index is 0. The van der Waals surface area contributed by atoms with Crippen molar-refractivity contribution in [1.82, 2.24) is 5.32 Å². The van der Waals surface area contributed by atoms with Crippen molar-refractivity contribution in [3.05, 3.63) is 0 Å². The molecule has 0 aromatic carbocycles. The standard InChI is InChI=1S/C20H42NO6P.Na/c1-3-5-7-8-9-10-11-12-13-15-20(23)21-19(14-6-4-2)18-27-28(24,25)26-17-16-22;/h19,22H,3-18H2,1-2H3,(H,21,23)(H,24,25);/q;+1/p-1/t19-;/m1./s1. The summed E-state index contributed by atoms with van der Waals surface area (Å²) in [6.45, 7) is 3.38. The van der Waals surface area contributed by atoms with Crippen LogP contribution in [0.5, 0.6) is 0 Å². The predicted molar refractivity (Wildman–Crippen MR) is 110 cm³/mol. The molecule has 0 heterocycles. The number of aliphatic hydroxyl groups excluding tert-OH is 1. The zero-order chi connectivity index (χ0) is 21.1. The molecule has 0 bridgehead atoms. The fourth-order valence-electron chi connectivity index (χ4n) is 2.91. The molecule has 7 nitrogen and oxygen atoms in total. The van der Waals surface area contributed by atoms with Gasteiger partial charge in [0.1, 0.15) is 0 Å². The number of unbranched alkanes of at least 4 members (excludes halogenated alkanes) is 9. The van der Waals surface area contributed by atoms with Crippen molar-refractivity contribution < 1.29 is 58.0 Å². The Morgan fingerprint density at radius 1 is 0.966 bits per heavy atom. The molecular weight excluding hydrogens is 404 g/mol. The van der Waals surface area contributed by atoms with Crippen LogP contribution in [0, 0.1) is 0 Å². The van der Waals surface area contributed by atoms with E-state index in [1.807, 2.05) is 6.92 Å². The molecule has 0 spiro atoms. The molecule has 2 N–H and O–H groups in total. The van der Waals surface area contributed by atoms with Gasteiger partial charge in [-0.3, -0.25) is 9.36 Å². The van der Waals surface area contributed by atoms with Crippen LogP contribution in [0.2, 0.25) is 0 Å². The molecule has 0 aromatic rings. The van der Waals surface area contributed by atoms with E-state index in [0.29, 0.717) is 12.8 Å². The largest absolute Gasteiger partial charge is 1.00 e. The number of hydrogen-bond acceptors (Lipinski definition) is 6. The van der Waals surface area contributed by atoms with Gasteiger partial charge in [0.05, 0.1) is 25.9 Å². The monoisotopic (exact) mass is 445 g/mol. The van der Waals surface area contributed by atoms with Crippen molar-refractivity contribution in [2.45, 2.75) is 103 Å². The van der Waals surface area contributed by atoms with Gasteiger partial charge in [0.2, 0.25) is 5.91 Å². The molecule has 0 radical (unpaired) electrons. The SMILES string of the molecule is CCCCCCCCCCCC(=O)N[C@H](CCCC)COP(=O)([O-])OCCO.[Na+]. The Labute approximate surface area is 199 Å². The second kappa shape index (κ2) is 21.8. The molecule has 29 heavy (non-hydrogen) atoms. The summed E-state index contributed by atoms with van der Waals surface area (Å²) in [6, 6.07) is -0.356. The van der Waals surface area contributed by atoms with E-state index in [1.54, 1.807) is 0 Å². The van der Waals surface area contributed by atoms with Gasteiger partial charge in [-0.05, 0) is 12.8 Å². The Bertz CT molecular complexity index is 428. The molecule has 0 aromatic heterocycles. The summed E-state index contributed by atoms with van der Waals surface area (Å²) in [5.41, 5.74) is 0. The molecular formula is C20H41NNaO6P. The number of carbonyl (C=O) groups is 1. The molecule has 0 aliphatic rings. The Morgan fingerprint density at radius 3 is 2.07 bits per heavy atom. The van der Waals surface area contributed by atoms with Gasteiger partial charge < -0.3 is 24.4 Å². The zero-order valence-electron chi connectivity index (χ0n) is 18.8. The summed E-state index contributed by atoms with van der Waals surface area (Å²) in [5.74, 6) is -0.0651. The quantitative estimate of drug-likeness (QED) is 0.165. The van der Waals surface area contributed by atoms with Crippen LogP contribution in [0.1, 0.15) is 97.3 Å². The minimum atomic E-state index is -4.44. The number of phosphoric acid groups is 1. The number of nitrogens with one attached hydrogen (secondary N) is 1. The van der Waals surface area contributed by atoms with Crippen LogP contribution in [0.15, 0.2) is 0 Å². The molecule has 0 aliphatic heterocycles. The Kier molecular flexibility index (Phi) is 23.8. The second-order valence-electron chi connectivity index (χ2n) is 7.28. The number of carbonyl (C=O) groups excluding carboxylic acids is 1.